The first-order chi connectivity index (χ1) is 8.99. The number of phenolic OH excluding ortho intramolecular Hbond substituents is 2. The predicted molar refractivity (Wildman–Crippen MR) is 67.8 cm³/mol. The second-order valence-corrected chi connectivity index (χ2v) is 4.57. The van der Waals surface area contributed by atoms with Crippen LogP contribution >= 0.6 is 0 Å². The molecule has 0 radical (unpaired) electrons. The molecule has 2 aromatic rings. The minimum atomic E-state index is -0.320. The smallest absolute Gasteiger partial charge is 0.194 e. The van der Waals surface area contributed by atoms with Crippen LogP contribution < -0.4 is 0 Å². The summed E-state index contributed by atoms with van der Waals surface area (Å²) in [5.74, 6) is -0.704. The van der Waals surface area contributed by atoms with Crippen molar-refractivity contribution in [2.45, 2.75) is 6.92 Å². The van der Waals surface area contributed by atoms with Crippen molar-refractivity contribution in [2.75, 3.05) is 0 Å². The first-order valence-corrected chi connectivity index (χ1v) is 5.75. The maximum absolute atomic E-state index is 12.3. The monoisotopic (exact) mass is 254 g/mol. The second kappa shape index (κ2) is 3.68. The topological polar surface area (TPSA) is 74.6 Å². The van der Waals surface area contributed by atoms with Crippen LogP contribution in [0.4, 0.5) is 0 Å². The van der Waals surface area contributed by atoms with Crippen molar-refractivity contribution in [1.29, 1.82) is 0 Å². The third-order valence-electron chi connectivity index (χ3n) is 3.32. The molecular weight excluding hydrogens is 244 g/mol. The molecule has 0 atom stereocenters. The number of aryl methyl sites for hydroxylation is 1. The Labute approximate surface area is 108 Å². The lowest BCUT2D eigenvalue weighted by Crippen LogP contribution is -2.20. The fourth-order valence-corrected chi connectivity index (χ4v) is 2.28. The molecule has 0 fully saturated rings. The Morgan fingerprint density at radius 2 is 1.37 bits per heavy atom. The minimum Gasteiger partial charge on any atom is -0.508 e. The number of fused-ring (bicyclic) bond motifs is 2. The SMILES string of the molecule is Cc1cc2c(cc1O)C(=O)c1ccc(O)cc1C2=O. The third kappa shape index (κ3) is 1.53. The van der Waals surface area contributed by atoms with Crippen molar-refractivity contribution >= 4 is 11.6 Å². The van der Waals surface area contributed by atoms with E-state index < -0.39 is 0 Å². The fourth-order valence-electron chi connectivity index (χ4n) is 2.28. The van der Waals surface area contributed by atoms with Gasteiger partial charge in [-0.3, -0.25) is 9.59 Å². The Balaban J connectivity index is 2.32. The zero-order valence-electron chi connectivity index (χ0n) is 10.1. The molecule has 0 saturated heterocycles. The molecule has 0 spiro atoms. The first kappa shape index (κ1) is 11.5. The van der Waals surface area contributed by atoms with Crippen LogP contribution in [0.5, 0.6) is 11.5 Å². The van der Waals surface area contributed by atoms with Gasteiger partial charge in [-0.1, -0.05) is 0 Å². The van der Waals surface area contributed by atoms with Gasteiger partial charge in [0.25, 0.3) is 0 Å². The number of carbonyl (C=O) groups excluding carboxylic acids is 2. The number of aromatic hydroxyl groups is 2. The van der Waals surface area contributed by atoms with Gasteiger partial charge in [-0.2, -0.15) is 0 Å². The van der Waals surface area contributed by atoms with Gasteiger partial charge in [0.1, 0.15) is 11.5 Å². The first-order valence-electron chi connectivity index (χ1n) is 5.75. The Morgan fingerprint density at radius 1 is 0.789 bits per heavy atom. The van der Waals surface area contributed by atoms with Crippen molar-refractivity contribution in [1.82, 2.24) is 0 Å². The summed E-state index contributed by atoms with van der Waals surface area (Å²) < 4.78 is 0. The van der Waals surface area contributed by atoms with Crippen molar-refractivity contribution in [2.24, 2.45) is 0 Å². The van der Waals surface area contributed by atoms with E-state index in [1.165, 1.54) is 30.3 Å². The second-order valence-electron chi connectivity index (χ2n) is 4.57. The van der Waals surface area contributed by atoms with Gasteiger partial charge >= 0.3 is 0 Å². The van der Waals surface area contributed by atoms with E-state index in [9.17, 15) is 19.8 Å². The molecular formula is C15H10O4. The summed E-state index contributed by atoms with van der Waals surface area (Å²) in [6.45, 7) is 1.66. The number of carbonyl (C=O) groups is 2. The predicted octanol–water partition coefficient (Wildman–Crippen LogP) is 2.18. The maximum Gasteiger partial charge on any atom is 0.194 e. The van der Waals surface area contributed by atoms with Crippen molar-refractivity contribution < 1.29 is 19.8 Å². The van der Waals surface area contributed by atoms with Gasteiger partial charge in [-0.15, -0.1) is 0 Å². The highest BCUT2D eigenvalue weighted by Gasteiger charge is 2.30. The number of hydrogen-bond acceptors (Lipinski definition) is 4. The highest BCUT2D eigenvalue weighted by Crippen LogP contribution is 2.32. The molecule has 0 bridgehead atoms. The Morgan fingerprint density at radius 3 is 2.11 bits per heavy atom. The van der Waals surface area contributed by atoms with Gasteiger partial charge in [0.2, 0.25) is 0 Å². The lowest BCUT2D eigenvalue weighted by atomic mass is 9.83. The summed E-state index contributed by atoms with van der Waals surface area (Å²) in [6, 6.07) is 6.90. The van der Waals surface area contributed by atoms with E-state index in [-0.39, 0.29) is 45.3 Å². The molecule has 0 saturated carbocycles. The number of ketones is 2. The Hall–Kier alpha value is -2.62. The number of phenols is 2. The number of hydrogen-bond donors (Lipinski definition) is 2. The van der Waals surface area contributed by atoms with Gasteiger partial charge < -0.3 is 10.2 Å². The van der Waals surface area contributed by atoms with Gasteiger partial charge in [0.05, 0.1) is 0 Å². The zero-order chi connectivity index (χ0) is 13.7. The quantitative estimate of drug-likeness (QED) is 0.644. The largest absolute Gasteiger partial charge is 0.508 e. The summed E-state index contributed by atoms with van der Waals surface area (Å²) >= 11 is 0. The Bertz CT molecular complexity index is 744. The zero-order valence-corrected chi connectivity index (χ0v) is 10.1. The molecule has 0 aliphatic heterocycles. The molecule has 1 aliphatic rings. The van der Waals surface area contributed by atoms with Gasteiger partial charge in [-0.05, 0) is 42.8 Å². The van der Waals surface area contributed by atoms with Crippen LogP contribution in [0.1, 0.15) is 37.4 Å². The normalized spacial score (nSPS) is 13.1. The summed E-state index contributed by atoms with van der Waals surface area (Å²) in [4.78, 5) is 24.6. The molecule has 94 valence electrons. The van der Waals surface area contributed by atoms with Crippen LogP contribution in [0.2, 0.25) is 0 Å². The average molecular weight is 254 g/mol. The highest BCUT2D eigenvalue weighted by molar-refractivity contribution is 6.28. The van der Waals surface area contributed by atoms with Crippen LogP contribution in [0, 0.1) is 6.92 Å². The van der Waals surface area contributed by atoms with E-state index in [0.717, 1.165) is 0 Å². The molecule has 2 aromatic carbocycles. The molecule has 0 amide bonds. The van der Waals surface area contributed by atoms with Crippen molar-refractivity contribution in [3.63, 3.8) is 0 Å². The summed E-state index contributed by atoms with van der Waals surface area (Å²) in [7, 11) is 0. The molecule has 4 heteroatoms. The highest BCUT2D eigenvalue weighted by atomic mass is 16.3. The molecule has 0 heterocycles. The van der Waals surface area contributed by atoms with E-state index in [1.807, 2.05) is 0 Å². The average Bonchev–Trinajstić information content (AvgIpc) is 2.38. The summed E-state index contributed by atoms with van der Waals surface area (Å²) in [5.41, 5.74) is 1.44. The molecule has 19 heavy (non-hydrogen) atoms. The number of rotatable bonds is 0. The third-order valence-corrected chi connectivity index (χ3v) is 3.32. The van der Waals surface area contributed by atoms with Gasteiger partial charge in [0.15, 0.2) is 11.6 Å². The minimum absolute atomic E-state index is 0.0119. The summed E-state index contributed by atoms with van der Waals surface area (Å²) in [5, 5.41) is 19.1. The van der Waals surface area contributed by atoms with Crippen LogP contribution in [0.15, 0.2) is 30.3 Å². The van der Waals surface area contributed by atoms with E-state index in [4.69, 9.17) is 0 Å². The van der Waals surface area contributed by atoms with Crippen molar-refractivity contribution in [3.8, 4) is 11.5 Å². The molecule has 2 N–H and O–H groups in total. The van der Waals surface area contributed by atoms with Gasteiger partial charge in [-0.25, -0.2) is 0 Å². The fraction of sp³-hybridized carbons (Fsp3) is 0.0667. The summed E-state index contributed by atoms with van der Waals surface area (Å²) in [6.07, 6.45) is 0. The lowest BCUT2D eigenvalue weighted by molar-refractivity contribution is 0.0978. The van der Waals surface area contributed by atoms with Gasteiger partial charge in [0, 0.05) is 22.3 Å². The Kier molecular flexibility index (Phi) is 2.22. The molecule has 0 aromatic heterocycles. The van der Waals surface area contributed by atoms with Crippen LogP contribution in [-0.2, 0) is 0 Å². The molecule has 3 rings (SSSR count). The maximum atomic E-state index is 12.3. The molecule has 0 unspecified atom stereocenters. The van der Waals surface area contributed by atoms with Crippen LogP contribution in [0.25, 0.3) is 0 Å². The van der Waals surface area contributed by atoms with Crippen LogP contribution in [-0.4, -0.2) is 21.8 Å². The van der Waals surface area contributed by atoms with Crippen molar-refractivity contribution in [3.05, 3.63) is 58.1 Å². The standard InChI is InChI=1S/C15H10O4/c1-7-4-10-12(6-13(7)17)14(18)9-3-2-8(16)5-11(9)15(10)19/h2-6,16-17H,1H3. The molecule has 4 nitrogen and oxygen atoms in total. The molecule has 1 aliphatic carbocycles. The van der Waals surface area contributed by atoms with E-state index in [0.29, 0.717) is 5.56 Å². The van der Waals surface area contributed by atoms with E-state index >= 15 is 0 Å². The lowest BCUT2D eigenvalue weighted by Gasteiger charge is -2.18. The van der Waals surface area contributed by atoms with E-state index in [1.54, 1.807) is 6.92 Å². The number of benzene rings is 2. The van der Waals surface area contributed by atoms with E-state index in [2.05, 4.69) is 0 Å². The van der Waals surface area contributed by atoms with Crippen LogP contribution in [0.3, 0.4) is 0 Å².